The number of amides is 1. The highest BCUT2D eigenvalue weighted by atomic mass is 32.2. The molecule has 1 aliphatic heterocycles. The topological polar surface area (TPSA) is 90.3 Å². The van der Waals surface area contributed by atoms with Crippen molar-refractivity contribution in [1.29, 1.82) is 0 Å². The molecule has 0 saturated carbocycles. The van der Waals surface area contributed by atoms with Crippen LogP contribution in [-0.2, 0) is 16.3 Å². The van der Waals surface area contributed by atoms with Gasteiger partial charge in [-0.15, -0.1) is 11.3 Å². The summed E-state index contributed by atoms with van der Waals surface area (Å²) in [5, 5.41) is 9.35. The van der Waals surface area contributed by atoms with Crippen LogP contribution in [0.25, 0.3) is 10.6 Å². The molecular weight excluding hydrogens is 422 g/mol. The van der Waals surface area contributed by atoms with E-state index in [1.807, 2.05) is 41.8 Å². The van der Waals surface area contributed by atoms with Gasteiger partial charge < -0.3 is 10.1 Å². The first-order chi connectivity index (χ1) is 14.4. The largest absolute Gasteiger partial charge is 0.497 e. The van der Waals surface area contributed by atoms with E-state index in [9.17, 15) is 13.2 Å². The van der Waals surface area contributed by atoms with Crippen LogP contribution in [0.15, 0.2) is 47.8 Å². The maximum atomic E-state index is 12.7. The summed E-state index contributed by atoms with van der Waals surface area (Å²) in [6.07, 6.45) is 1.20. The summed E-state index contributed by atoms with van der Waals surface area (Å²) in [7, 11) is -1.43. The molecule has 30 heavy (non-hydrogen) atoms. The Labute approximate surface area is 179 Å². The van der Waals surface area contributed by atoms with Crippen LogP contribution in [0.1, 0.15) is 28.5 Å². The van der Waals surface area contributed by atoms with Crippen LogP contribution in [0.2, 0.25) is 0 Å². The molecule has 158 valence electrons. The van der Waals surface area contributed by atoms with Crippen molar-refractivity contribution in [1.82, 2.24) is 15.1 Å². The second kappa shape index (κ2) is 8.61. The van der Waals surface area contributed by atoms with E-state index in [0.717, 1.165) is 21.9 Å². The lowest BCUT2D eigenvalue weighted by Crippen LogP contribution is -2.26. The molecule has 4 rings (SSSR count). The molecule has 1 aliphatic rings. The Morgan fingerprint density at radius 2 is 2.10 bits per heavy atom. The molecule has 1 fully saturated rings. The normalized spacial score (nSPS) is 17.7. The molecule has 0 radical (unpaired) electrons. The summed E-state index contributed by atoms with van der Waals surface area (Å²) < 4.78 is 30.8. The first-order valence-corrected chi connectivity index (χ1v) is 12.4. The summed E-state index contributed by atoms with van der Waals surface area (Å²) in [4.78, 5) is 13.7. The van der Waals surface area contributed by atoms with Gasteiger partial charge in [-0.05, 0) is 48.1 Å². The van der Waals surface area contributed by atoms with Crippen molar-refractivity contribution in [2.45, 2.75) is 18.9 Å². The molecule has 3 heterocycles. The fourth-order valence-corrected chi connectivity index (χ4v) is 5.99. The number of rotatable bonds is 7. The van der Waals surface area contributed by atoms with Gasteiger partial charge in [0.15, 0.2) is 15.5 Å². The molecule has 7 nitrogen and oxygen atoms in total. The standard InChI is InChI=1S/C21H23N3O4S2/c1-28-17-6-4-15(5-7-17)8-10-22-21(25)18-13-19(20-3-2-11-29-20)24(23-18)16-9-12-30(26,27)14-16/h2-7,11,13,16H,8-10,12,14H2,1H3,(H,22,25). The lowest BCUT2D eigenvalue weighted by atomic mass is 10.1. The van der Waals surface area contributed by atoms with Crippen LogP contribution in [0.3, 0.4) is 0 Å². The number of hydrogen-bond donors (Lipinski definition) is 1. The molecule has 1 amide bonds. The Bertz CT molecular complexity index is 1120. The molecule has 1 N–H and O–H groups in total. The molecular formula is C21H23N3O4S2. The third kappa shape index (κ3) is 4.57. The van der Waals surface area contributed by atoms with E-state index in [2.05, 4.69) is 10.4 Å². The fourth-order valence-electron chi connectivity index (χ4n) is 3.56. The van der Waals surface area contributed by atoms with Gasteiger partial charge in [-0.1, -0.05) is 18.2 Å². The smallest absolute Gasteiger partial charge is 0.271 e. The van der Waals surface area contributed by atoms with Gasteiger partial charge in [-0.2, -0.15) is 5.10 Å². The molecule has 3 aromatic rings. The predicted molar refractivity (Wildman–Crippen MR) is 117 cm³/mol. The number of benzene rings is 1. The molecule has 2 aromatic heterocycles. The van der Waals surface area contributed by atoms with Crippen molar-refractivity contribution in [3.05, 3.63) is 59.1 Å². The molecule has 1 unspecified atom stereocenters. The third-order valence-corrected chi connectivity index (χ3v) is 7.80. The lowest BCUT2D eigenvalue weighted by Gasteiger charge is -2.12. The molecule has 0 spiro atoms. The second-order valence-corrected chi connectivity index (χ2v) is 10.4. The van der Waals surface area contributed by atoms with E-state index >= 15 is 0 Å². The van der Waals surface area contributed by atoms with Gasteiger partial charge in [-0.25, -0.2) is 8.42 Å². The zero-order valence-electron chi connectivity index (χ0n) is 16.6. The van der Waals surface area contributed by atoms with Gasteiger partial charge in [0.2, 0.25) is 0 Å². The number of hydrogen-bond acceptors (Lipinski definition) is 6. The average molecular weight is 446 g/mol. The van der Waals surface area contributed by atoms with Gasteiger partial charge >= 0.3 is 0 Å². The maximum Gasteiger partial charge on any atom is 0.271 e. The van der Waals surface area contributed by atoms with E-state index in [0.29, 0.717) is 25.1 Å². The van der Waals surface area contributed by atoms with Crippen molar-refractivity contribution < 1.29 is 17.9 Å². The Morgan fingerprint density at radius 3 is 2.73 bits per heavy atom. The summed E-state index contributed by atoms with van der Waals surface area (Å²) in [6.45, 7) is 0.476. The van der Waals surface area contributed by atoms with Gasteiger partial charge in [0, 0.05) is 6.54 Å². The molecule has 1 aromatic carbocycles. The van der Waals surface area contributed by atoms with Crippen LogP contribution < -0.4 is 10.1 Å². The Morgan fingerprint density at radius 1 is 1.30 bits per heavy atom. The number of aromatic nitrogens is 2. The van der Waals surface area contributed by atoms with Crippen LogP contribution in [0.5, 0.6) is 5.75 Å². The van der Waals surface area contributed by atoms with Crippen molar-refractivity contribution >= 4 is 27.1 Å². The number of sulfone groups is 1. The molecule has 9 heteroatoms. The zero-order valence-corrected chi connectivity index (χ0v) is 18.2. The van der Waals surface area contributed by atoms with Crippen LogP contribution in [0.4, 0.5) is 0 Å². The van der Waals surface area contributed by atoms with Gasteiger partial charge in [0.1, 0.15) is 5.75 Å². The van der Waals surface area contributed by atoms with Crippen LogP contribution in [-0.4, -0.2) is 49.3 Å². The summed E-state index contributed by atoms with van der Waals surface area (Å²) >= 11 is 1.54. The highest BCUT2D eigenvalue weighted by molar-refractivity contribution is 7.91. The average Bonchev–Trinajstić information content (AvgIpc) is 3.47. The number of ether oxygens (including phenoxy) is 1. The highest BCUT2D eigenvalue weighted by Gasteiger charge is 2.32. The minimum Gasteiger partial charge on any atom is -0.497 e. The van der Waals surface area contributed by atoms with Crippen molar-refractivity contribution in [2.75, 3.05) is 25.2 Å². The van der Waals surface area contributed by atoms with E-state index in [4.69, 9.17) is 4.74 Å². The van der Waals surface area contributed by atoms with Crippen LogP contribution >= 0.6 is 11.3 Å². The minimum atomic E-state index is -3.06. The minimum absolute atomic E-state index is 0.0611. The van der Waals surface area contributed by atoms with Gasteiger partial charge in [0.05, 0.1) is 35.2 Å². The number of methoxy groups -OCH3 is 1. The lowest BCUT2D eigenvalue weighted by molar-refractivity contribution is 0.0948. The van der Waals surface area contributed by atoms with Gasteiger partial charge in [0.25, 0.3) is 5.91 Å². The molecule has 0 bridgehead atoms. The quantitative estimate of drug-likeness (QED) is 0.604. The second-order valence-electron chi connectivity index (χ2n) is 7.25. The predicted octanol–water partition coefficient (Wildman–Crippen LogP) is 2.95. The molecule has 1 atom stereocenters. The molecule has 0 aliphatic carbocycles. The Balaban J connectivity index is 1.47. The number of carbonyl (C=O) groups excluding carboxylic acids is 1. The Kier molecular flexibility index (Phi) is 5.92. The SMILES string of the molecule is COc1ccc(CCNC(=O)c2cc(-c3cccs3)n(C3CCS(=O)(=O)C3)n2)cc1. The number of carbonyl (C=O) groups is 1. The highest BCUT2D eigenvalue weighted by Crippen LogP contribution is 2.32. The number of nitrogens with one attached hydrogen (secondary N) is 1. The van der Waals surface area contributed by atoms with Crippen LogP contribution in [0, 0.1) is 0 Å². The van der Waals surface area contributed by atoms with Crippen molar-refractivity contribution in [2.24, 2.45) is 0 Å². The van der Waals surface area contributed by atoms with Crippen molar-refractivity contribution in [3.63, 3.8) is 0 Å². The Hall–Kier alpha value is -2.65. The van der Waals surface area contributed by atoms with Gasteiger partial charge in [-0.3, -0.25) is 9.48 Å². The number of nitrogens with zero attached hydrogens (tertiary/aromatic N) is 2. The fraction of sp³-hybridized carbons (Fsp3) is 0.333. The van der Waals surface area contributed by atoms with Crippen molar-refractivity contribution in [3.8, 4) is 16.3 Å². The van der Waals surface area contributed by atoms with E-state index in [1.165, 1.54) is 11.3 Å². The summed E-state index contributed by atoms with van der Waals surface area (Å²) in [5.74, 6) is 0.750. The third-order valence-electron chi connectivity index (χ3n) is 5.15. The monoisotopic (exact) mass is 445 g/mol. The summed E-state index contributed by atoms with van der Waals surface area (Å²) in [6, 6.07) is 13.1. The first-order valence-electron chi connectivity index (χ1n) is 9.70. The van der Waals surface area contributed by atoms with E-state index in [1.54, 1.807) is 17.9 Å². The van der Waals surface area contributed by atoms with E-state index in [-0.39, 0.29) is 23.5 Å². The molecule has 1 saturated heterocycles. The maximum absolute atomic E-state index is 12.7. The van der Waals surface area contributed by atoms with E-state index < -0.39 is 9.84 Å². The summed E-state index contributed by atoms with van der Waals surface area (Å²) in [5.41, 5.74) is 2.18. The number of thiophene rings is 1. The zero-order chi connectivity index (χ0) is 21.1. The first kappa shape index (κ1) is 20.6.